The number of amides is 1. The Balaban J connectivity index is 1.71. The molecule has 0 aromatic rings. The maximum absolute atomic E-state index is 11.6. The highest BCUT2D eigenvalue weighted by Crippen LogP contribution is 2.60. The van der Waals surface area contributed by atoms with E-state index in [2.05, 4.69) is 5.32 Å². The summed E-state index contributed by atoms with van der Waals surface area (Å²) in [6.45, 7) is 4.66. The fraction of sp³-hybridized carbons (Fsp3) is 0.917. The summed E-state index contributed by atoms with van der Waals surface area (Å²) in [5.41, 5.74) is 5.91. The average Bonchev–Trinajstić information content (AvgIpc) is 2.92. The Kier molecular flexibility index (Phi) is 2.53. The zero-order chi connectivity index (χ0) is 11.1. The van der Waals surface area contributed by atoms with Crippen molar-refractivity contribution in [2.24, 2.45) is 17.1 Å². The van der Waals surface area contributed by atoms with Crippen molar-refractivity contribution < 1.29 is 4.79 Å². The minimum absolute atomic E-state index is 0.106. The number of carbonyl (C=O) groups is 1. The maximum Gasteiger partial charge on any atom is 0.221 e. The molecule has 3 N–H and O–H groups in total. The zero-order valence-electron chi connectivity index (χ0n) is 9.81. The minimum Gasteiger partial charge on any atom is -0.355 e. The van der Waals surface area contributed by atoms with Crippen LogP contribution in [0.4, 0.5) is 0 Å². The molecule has 1 amide bonds. The van der Waals surface area contributed by atoms with Crippen molar-refractivity contribution in [3.05, 3.63) is 0 Å². The first-order valence-corrected chi connectivity index (χ1v) is 5.97. The molecule has 3 heteroatoms. The third-order valence-corrected chi connectivity index (χ3v) is 3.59. The molecule has 0 radical (unpaired) electrons. The van der Waals surface area contributed by atoms with Crippen molar-refractivity contribution >= 4 is 5.91 Å². The third-order valence-electron chi connectivity index (χ3n) is 3.59. The summed E-state index contributed by atoms with van der Waals surface area (Å²) < 4.78 is 0. The van der Waals surface area contributed by atoms with Gasteiger partial charge in [-0.3, -0.25) is 4.79 Å². The molecule has 0 unspecified atom stereocenters. The van der Waals surface area contributed by atoms with Gasteiger partial charge in [-0.05, 0) is 50.9 Å². The van der Waals surface area contributed by atoms with Crippen molar-refractivity contribution in [3.8, 4) is 0 Å². The molecule has 0 aliphatic heterocycles. The molecule has 0 saturated heterocycles. The Morgan fingerprint density at radius 1 is 1.47 bits per heavy atom. The molecule has 2 rings (SSSR count). The van der Waals surface area contributed by atoms with Crippen molar-refractivity contribution in [3.63, 3.8) is 0 Å². The van der Waals surface area contributed by atoms with Gasteiger partial charge in [0.1, 0.15) is 0 Å². The number of carbonyl (C=O) groups excluding carboxylic acids is 1. The van der Waals surface area contributed by atoms with E-state index in [0.29, 0.717) is 11.8 Å². The van der Waals surface area contributed by atoms with Crippen LogP contribution in [0.25, 0.3) is 0 Å². The predicted octanol–water partition coefficient (Wildman–Crippen LogP) is 1.42. The van der Waals surface area contributed by atoms with E-state index >= 15 is 0 Å². The van der Waals surface area contributed by atoms with Gasteiger partial charge in [-0.25, -0.2) is 0 Å². The predicted molar refractivity (Wildman–Crippen MR) is 60.3 cm³/mol. The number of hydrogen-bond donors (Lipinski definition) is 2. The second-order valence-electron chi connectivity index (χ2n) is 6.08. The van der Waals surface area contributed by atoms with Gasteiger partial charge < -0.3 is 11.1 Å². The molecule has 0 spiro atoms. The molecule has 0 bridgehead atoms. The standard InChI is InChI=1S/C12H22N2O/c1-11(2,13)7-10(15)14-8-12(5-6-12)9-3-4-9/h9H,3-8,13H2,1-2H3,(H,14,15). The molecule has 3 nitrogen and oxygen atoms in total. The quantitative estimate of drug-likeness (QED) is 0.721. The summed E-state index contributed by atoms with van der Waals surface area (Å²) >= 11 is 0. The van der Waals surface area contributed by atoms with Crippen molar-refractivity contribution in [1.29, 1.82) is 0 Å². The Bertz CT molecular complexity index is 259. The molecule has 0 aromatic carbocycles. The van der Waals surface area contributed by atoms with E-state index in [4.69, 9.17) is 5.73 Å². The molecular weight excluding hydrogens is 188 g/mol. The van der Waals surface area contributed by atoms with E-state index in [1.54, 1.807) is 0 Å². The number of rotatable bonds is 5. The first-order valence-electron chi connectivity index (χ1n) is 5.97. The largest absolute Gasteiger partial charge is 0.355 e. The molecular formula is C12H22N2O. The van der Waals surface area contributed by atoms with Gasteiger partial charge in [-0.15, -0.1) is 0 Å². The molecule has 2 aliphatic rings. The average molecular weight is 210 g/mol. The van der Waals surface area contributed by atoms with Gasteiger partial charge in [0.25, 0.3) is 0 Å². The van der Waals surface area contributed by atoms with Crippen LogP contribution in [0, 0.1) is 11.3 Å². The van der Waals surface area contributed by atoms with Crippen molar-refractivity contribution in [2.75, 3.05) is 6.54 Å². The summed E-state index contributed by atoms with van der Waals surface area (Å²) in [6, 6.07) is 0. The van der Waals surface area contributed by atoms with Crippen LogP contribution < -0.4 is 11.1 Å². The topological polar surface area (TPSA) is 55.1 Å². The van der Waals surface area contributed by atoms with Crippen LogP contribution in [0.1, 0.15) is 46.0 Å². The van der Waals surface area contributed by atoms with Gasteiger partial charge in [0.15, 0.2) is 0 Å². The maximum atomic E-state index is 11.6. The number of hydrogen-bond acceptors (Lipinski definition) is 2. The van der Waals surface area contributed by atoms with E-state index in [0.717, 1.165) is 12.5 Å². The fourth-order valence-electron chi connectivity index (χ4n) is 2.34. The summed E-state index contributed by atoms with van der Waals surface area (Å²) in [5.74, 6) is 1.01. The number of nitrogens with two attached hydrogens (primary N) is 1. The van der Waals surface area contributed by atoms with E-state index in [-0.39, 0.29) is 11.4 Å². The van der Waals surface area contributed by atoms with Crippen molar-refractivity contribution in [1.82, 2.24) is 5.32 Å². The van der Waals surface area contributed by atoms with E-state index in [9.17, 15) is 4.79 Å². The molecule has 15 heavy (non-hydrogen) atoms. The normalized spacial score (nSPS) is 23.7. The van der Waals surface area contributed by atoms with Crippen LogP contribution in [-0.2, 0) is 4.79 Å². The van der Waals surface area contributed by atoms with Crippen molar-refractivity contribution in [2.45, 2.75) is 51.5 Å². The lowest BCUT2D eigenvalue weighted by Gasteiger charge is -2.20. The Morgan fingerprint density at radius 3 is 2.47 bits per heavy atom. The lowest BCUT2D eigenvalue weighted by Crippen LogP contribution is -2.40. The third kappa shape index (κ3) is 2.94. The minimum atomic E-state index is -0.389. The molecule has 0 heterocycles. The lowest BCUT2D eigenvalue weighted by molar-refractivity contribution is -0.122. The van der Waals surface area contributed by atoms with Crippen LogP contribution in [-0.4, -0.2) is 18.0 Å². The van der Waals surface area contributed by atoms with E-state index in [1.807, 2.05) is 13.8 Å². The van der Waals surface area contributed by atoms with Gasteiger partial charge in [-0.1, -0.05) is 0 Å². The van der Waals surface area contributed by atoms with Crippen LogP contribution in [0.3, 0.4) is 0 Å². The second kappa shape index (κ2) is 3.48. The van der Waals surface area contributed by atoms with Gasteiger partial charge in [0.2, 0.25) is 5.91 Å². The van der Waals surface area contributed by atoms with Gasteiger partial charge in [0.05, 0.1) is 0 Å². The summed E-state index contributed by atoms with van der Waals surface area (Å²) in [5, 5.41) is 3.04. The summed E-state index contributed by atoms with van der Waals surface area (Å²) in [6.07, 6.45) is 5.79. The number of nitrogens with one attached hydrogen (secondary N) is 1. The van der Waals surface area contributed by atoms with Gasteiger partial charge >= 0.3 is 0 Å². The van der Waals surface area contributed by atoms with Crippen LogP contribution in [0.2, 0.25) is 0 Å². The molecule has 2 fully saturated rings. The molecule has 2 saturated carbocycles. The highest BCUT2D eigenvalue weighted by atomic mass is 16.1. The van der Waals surface area contributed by atoms with E-state index in [1.165, 1.54) is 25.7 Å². The molecule has 86 valence electrons. The molecule has 0 atom stereocenters. The van der Waals surface area contributed by atoms with Gasteiger partial charge in [-0.2, -0.15) is 0 Å². The zero-order valence-corrected chi connectivity index (χ0v) is 9.81. The van der Waals surface area contributed by atoms with Gasteiger partial charge in [0, 0.05) is 18.5 Å². The van der Waals surface area contributed by atoms with Crippen LogP contribution in [0.5, 0.6) is 0 Å². The Hall–Kier alpha value is -0.570. The highest BCUT2D eigenvalue weighted by molar-refractivity contribution is 5.77. The van der Waals surface area contributed by atoms with E-state index < -0.39 is 0 Å². The monoisotopic (exact) mass is 210 g/mol. The van der Waals surface area contributed by atoms with Crippen LogP contribution >= 0.6 is 0 Å². The Labute approximate surface area is 91.8 Å². The molecule has 2 aliphatic carbocycles. The highest BCUT2D eigenvalue weighted by Gasteiger charge is 2.53. The lowest BCUT2D eigenvalue weighted by atomic mass is 9.99. The first kappa shape index (κ1) is 10.9. The fourth-order valence-corrected chi connectivity index (χ4v) is 2.34. The smallest absolute Gasteiger partial charge is 0.221 e. The second-order valence-corrected chi connectivity index (χ2v) is 6.08. The molecule has 0 aromatic heterocycles. The van der Waals surface area contributed by atoms with Crippen LogP contribution in [0.15, 0.2) is 0 Å². The Morgan fingerprint density at radius 2 is 2.07 bits per heavy atom. The first-order chi connectivity index (χ1) is 6.91. The summed E-state index contributed by atoms with van der Waals surface area (Å²) in [7, 11) is 0. The SMILES string of the molecule is CC(C)(N)CC(=O)NCC1(C2CC2)CC1. The summed E-state index contributed by atoms with van der Waals surface area (Å²) in [4.78, 5) is 11.6.